The molecule has 0 amide bonds. The van der Waals surface area contributed by atoms with Crippen molar-refractivity contribution in [3.63, 3.8) is 0 Å². The molecule has 70 valence electrons. The number of hydrogen-bond donors (Lipinski definition) is 0. The highest BCUT2D eigenvalue weighted by Crippen LogP contribution is 2.15. The van der Waals surface area contributed by atoms with Crippen molar-refractivity contribution >= 4 is 11.6 Å². The van der Waals surface area contributed by atoms with E-state index >= 15 is 0 Å². The minimum Gasteiger partial charge on any atom is -0.494 e. The fourth-order valence-corrected chi connectivity index (χ4v) is 1.07. The summed E-state index contributed by atoms with van der Waals surface area (Å²) < 4.78 is 5.46. The smallest absolute Gasteiger partial charge is 0.119 e. The number of benzene rings is 1. The van der Waals surface area contributed by atoms with Crippen LogP contribution in [0.2, 0.25) is 5.02 Å². The zero-order valence-corrected chi connectivity index (χ0v) is 8.26. The summed E-state index contributed by atoms with van der Waals surface area (Å²) in [5, 5.41) is 0.735. The van der Waals surface area contributed by atoms with Crippen LogP contribution < -0.4 is 4.74 Å². The molecule has 0 aliphatic rings. The standard InChI is InChI=1S/C11H13ClO/c1-2-3-4-9-13-11-7-5-10(12)6-8-11/h2,5-8H,1,3-4,9H2. The number of rotatable bonds is 5. The van der Waals surface area contributed by atoms with Gasteiger partial charge in [0.15, 0.2) is 0 Å². The van der Waals surface area contributed by atoms with Crippen LogP contribution in [0.15, 0.2) is 36.9 Å². The highest BCUT2D eigenvalue weighted by molar-refractivity contribution is 6.30. The third-order valence-electron chi connectivity index (χ3n) is 1.63. The first-order chi connectivity index (χ1) is 6.33. The van der Waals surface area contributed by atoms with Crippen LogP contribution in [0.3, 0.4) is 0 Å². The van der Waals surface area contributed by atoms with Crippen LogP contribution in [0, 0.1) is 0 Å². The van der Waals surface area contributed by atoms with E-state index in [1.807, 2.05) is 30.3 Å². The van der Waals surface area contributed by atoms with E-state index < -0.39 is 0 Å². The summed E-state index contributed by atoms with van der Waals surface area (Å²) in [5.41, 5.74) is 0. The largest absolute Gasteiger partial charge is 0.494 e. The molecule has 0 saturated heterocycles. The van der Waals surface area contributed by atoms with E-state index in [0.29, 0.717) is 0 Å². The van der Waals surface area contributed by atoms with Crippen LogP contribution in [0.25, 0.3) is 0 Å². The Morgan fingerprint density at radius 1 is 1.31 bits per heavy atom. The molecule has 0 aliphatic heterocycles. The van der Waals surface area contributed by atoms with Crippen LogP contribution in [0.4, 0.5) is 0 Å². The maximum absolute atomic E-state index is 5.73. The van der Waals surface area contributed by atoms with Crippen molar-refractivity contribution in [1.82, 2.24) is 0 Å². The second kappa shape index (κ2) is 5.65. The molecule has 0 saturated carbocycles. The second-order valence-electron chi connectivity index (χ2n) is 2.73. The number of ether oxygens (including phenoxy) is 1. The summed E-state index contributed by atoms with van der Waals surface area (Å²) in [6, 6.07) is 7.39. The molecular weight excluding hydrogens is 184 g/mol. The van der Waals surface area contributed by atoms with Crippen molar-refractivity contribution in [1.29, 1.82) is 0 Å². The molecule has 0 spiro atoms. The molecule has 0 unspecified atom stereocenters. The number of allylic oxidation sites excluding steroid dienone is 1. The molecule has 0 aliphatic carbocycles. The predicted octanol–water partition coefficient (Wildman–Crippen LogP) is 3.69. The number of hydrogen-bond acceptors (Lipinski definition) is 1. The van der Waals surface area contributed by atoms with E-state index in [4.69, 9.17) is 16.3 Å². The Labute approximate surface area is 84.0 Å². The van der Waals surface area contributed by atoms with Gasteiger partial charge >= 0.3 is 0 Å². The lowest BCUT2D eigenvalue weighted by Gasteiger charge is -2.04. The van der Waals surface area contributed by atoms with E-state index in [0.717, 1.165) is 30.2 Å². The first-order valence-corrected chi connectivity index (χ1v) is 4.70. The van der Waals surface area contributed by atoms with Crippen molar-refractivity contribution in [2.75, 3.05) is 6.61 Å². The van der Waals surface area contributed by atoms with Gasteiger partial charge in [-0.05, 0) is 37.1 Å². The number of halogens is 1. The van der Waals surface area contributed by atoms with Gasteiger partial charge in [-0.3, -0.25) is 0 Å². The monoisotopic (exact) mass is 196 g/mol. The third kappa shape index (κ3) is 4.00. The Kier molecular flexibility index (Phi) is 4.41. The van der Waals surface area contributed by atoms with Gasteiger partial charge in [-0.25, -0.2) is 0 Å². The molecular formula is C11H13ClO. The normalized spacial score (nSPS) is 9.62. The molecule has 13 heavy (non-hydrogen) atoms. The first kappa shape index (κ1) is 10.1. The van der Waals surface area contributed by atoms with Crippen LogP contribution >= 0.6 is 11.6 Å². The zero-order valence-electron chi connectivity index (χ0n) is 7.50. The van der Waals surface area contributed by atoms with Gasteiger partial charge in [-0.15, -0.1) is 6.58 Å². The molecule has 1 rings (SSSR count). The maximum atomic E-state index is 5.73. The molecule has 0 fully saturated rings. The van der Waals surface area contributed by atoms with Crippen molar-refractivity contribution in [3.8, 4) is 5.75 Å². The van der Waals surface area contributed by atoms with Gasteiger partial charge in [-0.1, -0.05) is 17.7 Å². The molecule has 1 aromatic rings. The minimum absolute atomic E-state index is 0.730. The summed E-state index contributed by atoms with van der Waals surface area (Å²) in [7, 11) is 0. The van der Waals surface area contributed by atoms with Crippen LogP contribution in [0.1, 0.15) is 12.8 Å². The Bertz CT molecular complexity index is 253. The van der Waals surface area contributed by atoms with Crippen molar-refractivity contribution < 1.29 is 4.74 Å². The molecule has 0 heterocycles. The molecule has 0 radical (unpaired) electrons. The third-order valence-corrected chi connectivity index (χ3v) is 1.89. The van der Waals surface area contributed by atoms with E-state index in [1.54, 1.807) is 0 Å². The lowest BCUT2D eigenvalue weighted by molar-refractivity contribution is 0.312. The van der Waals surface area contributed by atoms with Gasteiger partial charge in [0, 0.05) is 5.02 Å². The average molecular weight is 197 g/mol. The zero-order chi connectivity index (χ0) is 9.52. The summed E-state index contributed by atoms with van der Waals surface area (Å²) >= 11 is 5.73. The highest BCUT2D eigenvalue weighted by Gasteiger charge is 1.92. The van der Waals surface area contributed by atoms with Gasteiger partial charge in [0.25, 0.3) is 0 Å². The first-order valence-electron chi connectivity index (χ1n) is 4.32. The Morgan fingerprint density at radius 2 is 2.00 bits per heavy atom. The summed E-state index contributed by atoms with van der Waals surface area (Å²) in [4.78, 5) is 0. The van der Waals surface area contributed by atoms with Gasteiger partial charge < -0.3 is 4.74 Å². The summed E-state index contributed by atoms with van der Waals surface area (Å²) in [5.74, 6) is 0.869. The SMILES string of the molecule is C=CCCCOc1ccc(Cl)cc1. The maximum Gasteiger partial charge on any atom is 0.119 e. The molecule has 2 heteroatoms. The Hall–Kier alpha value is -0.950. The van der Waals surface area contributed by atoms with Crippen LogP contribution in [-0.4, -0.2) is 6.61 Å². The van der Waals surface area contributed by atoms with E-state index in [1.165, 1.54) is 0 Å². The van der Waals surface area contributed by atoms with Gasteiger partial charge in [-0.2, -0.15) is 0 Å². The molecule has 0 aromatic heterocycles. The van der Waals surface area contributed by atoms with Crippen molar-refractivity contribution in [2.45, 2.75) is 12.8 Å². The predicted molar refractivity (Wildman–Crippen MR) is 56.4 cm³/mol. The lowest BCUT2D eigenvalue weighted by atomic mass is 10.3. The Balaban J connectivity index is 2.28. The van der Waals surface area contributed by atoms with Crippen molar-refractivity contribution in [2.24, 2.45) is 0 Å². The van der Waals surface area contributed by atoms with Crippen LogP contribution in [0.5, 0.6) is 5.75 Å². The molecule has 1 nitrogen and oxygen atoms in total. The molecule has 0 atom stereocenters. The summed E-state index contributed by atoms with van der Waals surface area (Å²) in [6.45, 7) is 4.37. The van der Waals surface area contributed by atoms with Crippen molar-refractivity contribution in [3.05, 3.63) is 41.9 Å². The molecule has 0 N–H and O–H groups in total. The van der Waals surface area contributed by atoms with E-state index in [9.17, 15) is 0 Å². The van der Waals surface area contributed by atoms with E-state index in [-0.39, 0.29) is 0 Å². The fourth-order valence-electron chi connectivity index (χ4n) is 0.949. The highest BCUT2D eigenvalue weighted by atomic mass is 35.5. The van der Waals surface area contributed by atoms with E-state index in [2.05, 4.69) is 6.58 Å². The Morgan fingerprint density at radius 3 is 2.62 bits per heavy atom. The fraction of sp³-hybridized carbons (Fsp3) is 0.273. The lowest BCUT2D eigenvalue weighted by Crippen LogP contribution is -1.95. The summed E-state index contributed by atoms with van der Waals surface area (Å²) in [6.07, 6.45) is 3.89. The molecule has 0 bridgehead atoms. The van der Waals surface area contributed by atoms with Gasteiger partial charge in [0.1, 0.15) is 5.75 Å². The number of unbranched alkanes of at least 4 members (excludes halogenated alkanes) is 1. The quantitative estimate of drug-likeness (QED) is 0.516. The second-order valence-corrected chi connectivity index (χ2v) is 3.17. The topological polar surface area (TPSA) is 9.23 Å². The van der Waals surface area contributed by atoms with Gasteiger partial charge in [0.2, 0.25) is 0 Å². The van der Waals surface area contributed by atoms with Crippen LogP contribution in [-0.2, 0) is 0 Å². The minimum atomic E-state index is 0.730. The molecule has 1 aromatic carbocycles. The average Bonchev–Trinajstić information content (AvgIpc) is 2.15. The van der Waals surface area contributed by atoms with Gasteiger partial charge in [0.05, 0.1) is 6.61 Å².